The number of carboxylic acids is 1. The lowest BCUT2D eigenvalue weighted by Crippen LogP contribution is -2.30. The van der Waals surface area contributed by atoms with Crippen LogP contribution in [0.1, 0.15) is 5.56 Å². The predicted molar refractivity (Wildman–Crippen MR) is 62.5 cm³/mol. The van der Waals surface area contributed by atoms with Crippen molar-refractivity contribution in [1.29, 1.82) is 5.26 Å². The number of carboxylic acid groups (broad SMARTS) is 1. The fourth-order valence-electron chi connectivity index (χ4n) is 1.32. The summed E-state index contributed by atoms with van der Waals surface area (Å²) in [5, 5.41) is 30.9. The van der Waals surface area contributed by atoms with Gasteiger partial charge in [0.05, 0.1) is 11.5 Å². The lowest BCUT2D eigenvalue weighted by atomic mass is 10.2. The first-order valence-corrected chi connectivity index (χ1v) is 5.04. The molecule has 1 aromatic heterocycles. The highest BCUT2D eigenvalue weighted by Gasteiger charge is 2.23. The van der Waals surface area contributed by atoms with Gasteiger partial charge in [0.1, 0.15) is 11.6 Å². The number of methoxy groups -OCH3 is 1. The number of nitriles is 1. The van der Waals surface area contributed by atoms with Gasteiger partial charge < -0.3 is 15.2 Å². The van der Waals surface area contributed by atoms with E-state index >= 15 is 0 Å². The van der Waals surface area contributed by atoms with Crippen LogP contribution >= 0.6 is 0 Å². The number of carbonyl (C=O) groups is 1. The number of aliphatic carboxylic acids is 1. The van der Waals surface area contributed by atoms with Crippen molar-refractivity contribution >= 4 is 17.5 Å². The Morgan fingerprint density at radius 1 is 1.79 bits per heavy atom. The van der Waals surface area contributed by atoms with Crippen LogP contribution in [0.3, 0.4) is 0 Å². The van der Waals surface area contributed by atoms with E-state index in [4.69, 9.17) is 10.4 Å². The summed E-state index contributed by atoms with van der Waals surface area (Å²) in [5.74, 6) is -1.39. The lowest BCUT2D eigenvalue weighted by molar-refractivity contribution is -0.384. The van der Waals surface area contributed by atoms with Crippen LogP contribution in [-0.2, 0) is 9.53 Å². The number of hydrogen-bond donors (Lipinski definition) is 2. The summed E-state index contributed by atoms with van der Waals surface area (Å²) in [6, 6.07) is 2.88. The molecule has 0 radical (unpaired) electrons. The van der Waals surface area contributed by atoms with E-state index in [0.29, 0.717) is 0 Å². The normalized spacial score (nSPS) is 11.4. The van der Waals surface area contributed by atoms with Gasteiger partial charge in [0.15, 0.2) is 6.10 Å². The number of nitro groups is 1. The molecule has 1 rings (SSSR count). The van der Waals surface area contributed by atoms with E-state index in [1.165, 1.54) is 19.4 Å². The number of rotatable bonds is 6. The molecule has 0 aromatic carbocycles. The van der Waals surface area contributed by atoms with Crippen LogP contribution in [0.4, 0.5) is 11.5 Å². The number of nitrogens with one attached hydrogen (secondary N) is 1. The maximum absolute atomic E-state index is 10.9. The van der Waals surface area contributed by atoms with E-state index in [1.807, 2.05) is 0 Å². The fourth-order valence-corrected chi connectivity index (χ4v) is 1.32. The second kappa shape index (κ2) is 6.27. The van der Waals surface area contributed by atoms with Gasteiger partial charge in [-0.1, -0.05) is 0 Å². The van der Waals surface area contributed by atoms with Crippen molar-refractivity contribution in [1.82, 2.24) is 4.98 Å². The summed E-state index contributed by atoms with van der Waals surface area (Å²) in [7, 11) is 1.20. The zero-order chi connectivity index (χ0) is 14.4. The van der Waals surface area contributed by atoms with Crippen LogP contribution in [0.5, 0.6) is 0 Å². The Labute approximate surface area is 107 Å². The zero-order valence-electron chi connectivity index (χ0n) is 9.86. The predicted octanol–water partition coefficient (Wildman–Crippen LogP) is 0.373. The number of aromatic nitrogens is 1. The summed E-state index contributed by atoms with van der Waals surface area (Å²) in [4.78, 5) is 24.6. The van der Waals surface area contributed by atoms with E-state index in [1.54, 1.807) is 6.07 Å². The SMILES string of the molecule is COC(CNc1nccc(C#N)c1[N+](=O)[O-])C(=O)O. The summed E-state index contributed by atoms with van der Waals surface area (Å²) in [5.41, 5.74) is -0.656. The topological polar surface area (TPSA) is 138 Å². The molecular formula is C10H10N4O5. The number of hydrogen-bond acceptors (Lipinski definition) is 7. The molecule has 100 valence electrons. The van der Waals surface area contributed by atoms with Gasteiger partial charge in [0.2, 0.25) is 5.82 Å². The largest absolute Gasteiger partial charge is 0.479 e. The Morgan fingerprint density at radius 2 is 2.47 bits per heavy atom. The van der Waals surface area contributed by atoms with Crippen molar-refractivity contribution in [3.8, 4) is 6.07 Å². The minimum absolute atomic E-state index is 0.160. The molecule has 0 fully saturated rings. The van der Waals surface area contributed by atoms with Crippen LogP contribution in [0, 0.1) is 21.4 Å². The molecule has 1 unspecified atom stereocenters. The van der Waals surface area contributed by atoms with Crippen molar-refractivity contribution in [3.63, 3.8) is 0 Å². The molecule has 1 atom stereocenters. The summed E-state index contributed by atoms with van der Waals surface area (Å²) >= 11 is 0. The van der Waals surface area contributed by atoms with Gasteiger partial charge in [-0.3, -0.25) is 10.1 Å². The first-order chi connectivity index (χ1) is 9.01. The van der Waals surface area contributed by atoms with Gasteiger partial charge in [-0.15, -0.1) is 0 Å². The average Bonchev–Trinajstić information content (AvgIpc) is 2.38. The minimum Gasteiger partial charge on any atom is -0.479 e. The second-order valence-electron chi connectivity index (χ2n) is 3.37. The first kappa shape index (κ1) is 14.3. The van der Waals surface area contributed by atoms with E-state index in [2.05, 4.69) is 15.0 Å². The summed E-state index contributed by atoms with van der Waals surface area (Å²) < 4.78 is 4.67. The van der Waals surface area contributed by atoms with Crippen LogP contribution < -0.4 is 5.32 Å². The highest BCUT2D eigenvalue weighted by molar-refractivity contribution is 5.73. The molecule has 0 aliphatic carbocycles. The van der Waals surface area contributed by atoms with Crippen molar-refractivity contribution in [3.05, 3.63) is 27.9 Å². The van der Waals surface area contributed by atoms with Crippen LogP contribution in [0.2, 0.25) is 0 Å². The van der Waals surface area contributed by atoms with Crippen molar-refractivity contribution in [2.24, 2.45) is 0 Å². The van der Waals surface area contributed by atoms with Crippen LogP contribution in [0.15, 0.2) is 12.3 Å². The highest BCUT2D eigenvalue weighted by atomic mass is 16.6. The van der Waals surface area contributed by atoms with E-state index in [9.17, 15) is 14.9 Å². The standard InChI is InChI=1S/C10H10N4O5/c1-19-7(10(15)16)5-13-9-8(14(17)18)6(4-11)2-3-12-9/h2-3,7H,5H2,1H3,(H,12,13)(H,15,16). The van der Waals surface area contributed by atoms with Gasteiger partial charge in [-0.05, 0) is 6.07 Å². The molecule has 1 aromatic rings. The molecule has 0 spiro atoms. The molecule has 19 heavy (non-hydrogen) atoms. The molecule has 0 bridgehead atoms. The molecule has 9 nitrogen and oxygen atoms in total. The molecule has 9 heteroatoms. The number of pyridine rings is 1. The van der Waals surface area contributed by atoms with Crippen LogP contribution in [-0.4, -0.2) is 40.7 Å². The molecule has 0 amide bonds. The van der Waals surface area contributed by atoms with Crippen molar-refractivity contribution in [2.45, 2.75) is 6.10 Å². The number of nitrogens with zero attached hydrogens (tertiary/aromatic N) is 3. The van der Waals surface area contributed by atoms with Gasteiger partial charge in [-0.2, -0.15) is 5.26 Å². The number of ether oxygens (including phenoxy) is 1. The third-order valence-corrected chi connectivity index (χ3v) is 2.24. The van der Waals surface area contributed by atoms with E-state index in [0.717, 1.165) is 0 Å². The van der Waals surface area contributed by atoms with Crippen molar-refractivity contribution in [2.75, 3.05) is 19.0 Å². The third-order valence-electron chi connectivity index (χ3n) is 2.24. The molecule has 2 N–H and O–H groups in total. The van der Waals surface area contributed by atoms with E-state index in [-0.39, 0.29) is 17.9 Å². The van der Waals surface area contributed by atoms with Crippen LogP contribution in [0.25, 0.3) is 0 Å². The van der Waals surface area contributed by atoms with Gasteiger partial charge in [-0.25, -0.2) is 9.78 Å². The molecule has 0 saturated carbocycles. The Kier molecular flexibility index (Phi) is 4.73. The average molecular weight is 266 g/mol. The molecule has 0 aliphatic heterocycles. The first-order valence-electron chi connectivity index (χ1n) is 5.04. The zero-order valence-corrected chi connectivity index (χ0v) is 9.86. The van der Waals surface area contributed by atoms with E-state index < -0.39 is 22.7 Å². The third kappa shape index (κ3) is 3.36. The fraction of sp³-hybridized carbons (Fsp3) is 0.300. The highest BCUT2D eigenvalue weighted by Crippen LogP contribution is 2.25. The summed E-state index contributed by atoms with van der Waals surface area (Å²) in [6.45, 7) is -0.214. The Balaban J connectivity index is 2.99. The monoisotopic (exact) mass is 266 g/mol. The summed E-state index contributed by atoms with van der Waals surface area (Å²) in [6.07, 6.45) is 0.0448. The van der Waals surface area contributed by atoms with Crippen molar-refractivity contribution < 1.29 is 19.6 Å². The lowest BCUT2D eigenvalue weighted by Gasteiger charge is -2.12. The Morgan fingerprint density at radius 3 is 2.95 bits per heavy atom. The molecule has 0 aliphatic rings. The molecular weight excluding hydrogens is 256 g/mol. The van der Waals surface area contributed by atoms with Gasteiger partial charge >= 0.3 is 11.7 Å². The Bertz CT molecular complexity index is 539. The smallest absolute Gasteiger partial charge is 0.334 e. The maximum atomic E-state index is 10.9. The minimum atomic E-state index is -1.21. The quantitative estimate of drug-likeness (QED) is 0.556. The van der Waals surface area contributed by atoms with Gasteiger partial charge in [0.25, 0.3) is 0 Å². The molecule has 1 heterocycles. The Hall–Kier alpha value is -2.73. The number of anilines is 1. The van der Waals surface area contributed by atoms with Gasteiger partial charge in [0, 0.05) is 13.3 Å². The second-order valence-corrected chi connectivity index (χ2v) is 3.37. The molecule has 0 saturated heterocycles. The maximum Gasteiger partial charge on any atom is 0.334 e.